The minimum absolute atomic E-state index is 0.00228. The Kier molecular flexibility index (Phi) is 7.43. The summed E-state index contributed by atoms with van der Waals surface area (Å²) in [6.07, 6.45) is 3.12. The highest BCUT2D eigenvalue weighted by molar-refractivity contribution is 5.87. The van der Waals surface area contributed by atoms with Gasteiger partial charge < -0.3 is 19.2 Å². The molecule has 3 rings (SSSR count). The SMILES string of the molecule is CCOC(=O)c1coc(N[C@@H]2CC(c3ccccc3)N(C(=O)OC(C)(C)C)[C@H](CC)C2)n1. The van der Waals surface area contributed by atoms with Crippen LogP contribution in [0.1, 0.15) is 76.0 Å². The van der Waals surface area contributed by atoms with Gasteiger partial charge in [0.1, 0.15) is 11.9 Å². The lowest BCUT2D eigenvalue weighted by molar-refractivity contribution is -0.00820. The first-order valence-electron chi connectivity index (χ1n) is 11.2. The molecule has 174 valence electrons. The molecule has 0 bridgehead atoms. The molecule has 1 amide bonds. The number of carbonyl (C=O) groups excluding carboxylic acids is 2. The molecule has 1 aliphatic rings. The third-order valence-electron chi connectivity index (χ3n) is 5.37. The zero-order chi connectivity index (χ0) is 23.3. The molecule has 1 fully saturated rings. The van der Waals surface area contributed by atoms with Crippen LogP contribution in [-0.4, -0.2) is 46.2 Å². The maximum atomic E-state index is 13.2. The van der Waals surface area contributed by atoms with Gasteiger partial charge in [-0.3, -0.25) is 4.90 Å². The van der Waals surface area contributed by atoms with E-state index < -0.39 is 11.6 Å². The first kappa shape index (κ1) is 23.6. The van der Waals surface area contributed by atoms with Crippen LogP contribution in [0.2, 0.25) is 0 Å². The molecule has 1 saturated heterocycles. The van der Waals surface area contributed by atoms with Gasteiger partial charge in [-0.25, -0.2) is 9.59 Å². The topological polar surface area (TPSA) is 93.9 Å². The molecular weight excluding hydrogens is 410 g/mol. The van der Waals surface area contributed by atoms with E-state index in [0.717, 1.165) is 12.0 Å². The lowest BCUT2D eigenvalue weighted by Gasteiger charge is -2.45. The first-order valence-corrected chi connectivity index (χ1v) is 11.2. The van der Waals surface area contributed by atoms with Crippen molar-refractivity contribution >= 4 is 18.1 Å². The highest BCUT2D eigenvalue weighted by Crippen LogP contribution is 2.38. The number of rotatable bonds is 6. The molecule has 1 aromatic carbocycles. The van der Waals surface area contributed by atoms with Crippen molar-refractivity contribution in [2.75, 3.05) is 11.9 Å². The highest BCUT2D eigenvalue weighted by atomic mass is 16.6. The van der Waals surface area contributed by atoms with E-state index in [4.69, 9.17) is 13.9 Å². The Morgan fingerprint density at radius 1 is 1.19 bits per heavy atom. The van der Waals surface area contributed by atoms with Crippen LogP contribution >= 0.6 is 0 Å². The van der Waals surface area contributed by atoms with Crippen LogP contribution in [0.3, 0.4) is 0 Å². The molecule has 0 radical (unpaired) electrons. The summed E-state index contributed by atoms with van der Waals surface area (Å²) < 4.78 is 16.2. The van der Waals surface area contributed by atoms with Crippen molar-refractivity contribution in [1.82, 2.24) is 9.88 Å². The Hall–Kier alpha value is -3.03. The smallest absolute Gasteiger partial charge is 0.411 e. The van der Waals surface area contributed by atoms with E-state index in [2.05, 4.69) is 17.2 Å². The first-order chi connectivity index (χ1) is 15.2. The van der Waals surface area contributed by atoms with Crippen molar-refractivity contribution in [3.63, 3.8) is 0 Å². The molecule has 1 aromatic heterocycles. The second-order valence-corrected chi connectivity index (χ2v) is 8.95. The Bertz CT molecular complexity index is 906. The van der Waals surface area contributed by atoms with Gasteiger partial charge >= 0.3 is 12.1 Å². The van der Waals surface area contributed by atoms with Gasteiger partial charge in [-0.2, -0.15) is 4.98 Å². The summed E-state index contributed by atoms with van der Waals surface area (Å²) in [5, 5.41) is 3.31. The lowest BCUT2D eigenvalue weighted by atomic mass is 9.86. The summed E-state index contributed by atoms with van der Waals surface area (Å²) in [5.41, 5.74) is 0.600. The summed E-state index contributed by atoms with van der Waals surface area (Å²) in [4.78, 5) is 31.1. The van der Waals surface area contributed by atoms with Crippen molar-refractivity contribution in [2.24, 2.45) is 0 Å². The molecule has 8 heteroatoms. The second-order valence-electron chi connectivity index (χ2n) is 8.95. The summed E-state index contributed by atoms with van der Waals surface area (Å²) in [6.45, 7) is 9.71. The monoisotopic (exact) mass is 443 g/mol. The Morgan fingerprint density at radius 2 is 1.91 bits per heavy atom. The number of benzene rings is 1. The molecule has 32 heavy (non-hydrogen) atoms. The van der Waals surface area contributed by atoms with Gasteiger partial charge in [-0.1, -0.05) is 37.3 Å². The van der Waals surface area contributed by atoms with Gasteiger partial charge in [-0.05, 0) is 52.5 Å². The number of likely N-dealkylation sites (tertiary alicyclic amines) is 1. The summed E-state index contributed by atoms with van der Waals surface area (Å²) in [7, 11) is 0. The molecule has 0 aliphatic carbocycles. The fourth-order valence-corrected chi connectivity index (χ4v) is 4.03. The van der Waals surface area contributed by atoms with Crippen molar-refractivity contribution in [3.05, 3.63) is 47.9 Å². The van der Waals surface area contributed by atoms with Crippen LogP contribution in [-0.2, 0) is 9.47 Å². The quantitative estimate of drug-likeness (QED) is 0.615. The zero-order valence-electron chi connectivity index (χ0n) is 19.5. The molecular formula is C24H33N3O5. The van der Waals surface area contributed by atoms with Crippen molar-refractivity contribution in [2.45, 2.75) is 77.6 Å². The minimum atomic E-state index is -0.576. The molecule has 1 N–H and O–H groups in total. The van der Waals surface area contributed by atoms with Crippen molar-refractivity contribution in [3.8, 4) is 0 Å². The third-order valence-corrected chi connectivity index (χ3v) is 5.37. The maximum absolute atomic E-state index is 13.2. The largest absolute Gasteiger partial charge is 0.461 e. The standard InChI is InChI=1S/C24H33N3O5/c1-6-18-13-17(25-22-26-19(15-31-22)21(28)30-7-2)14-20(16-11-9-8-10-12-16)27(18)23(29)32-24(3,4)5/h8-12,15,17-18,20H,6-7,13-14H2,1-5H3,(H,25,26)/t17-,18+,20?/m0/s1. The van der Waals surface area contributed by atoms with Gasteiger partial charge in [-0.15, -0.1) is 0 Å². The van der Waals surface area contributed by atoms with Gasteiger partial charge in [0.25, 0.3) is 6.01 Å². The molecule has 1 unspecified atom stereocenters. The van der Waals surface area contributed by atoms with Crippen LogP contribution in [0.5, 0.6) is 0 Å². The second kappa shape index (κ2) is 10.1. The predicted molar refractivity (Wildman–Crippen MR) is 120 cm³/mol. The normalized spacial score (nSPS) is 21.2. The molecule has 8 nitrogen and oxygen atoms in total. The van der Waals surface area contributed by atoms with Crippen molar-refractivity contribution < 1.29 is 23.5 Å². The van der Waals surface area contributed by atoms with E-state index in [1.807, 2.05) is 56.0 Å². The molecule has 1 aliphatic heterocycles. The Balaban J connectivity index is 1.83. The van der Waals surface area contributed by atoms with Crippen LogP contribution in [0.25, 0.3) is 0 Å². The fourth-order valence-electron chi connectivity index (χ4n) is 4.03. The molecule has 3 atom stereocenters. The third kappa shape index (κ3) is 5.81. The molecule has 2 heterocycles. The number of piperidine rings is 1. The number of nitrogens with zero attached hydrogens (tertiary/aromatic N) is 2. The van der Waals surface area contributed by atoms with E-state index >= 15 is 0 Å². The van der Waals surface area contributed by atoms with Crippen molar-refractivity contribution in [1.29, 1.82) is 0 Å². The lowest BCUT2D eigenvalue weighted by Crippen LogP contribution is -2.52. The number of hydrogen-bond acceptors (Lipinski definition) is 7. The van der Waals surface area contributed by atoms with E-state index in [1.165, 1.54) is 6.26 Å². The summed E-state index contributed by atoms with van der Waals surface area (Å²) in [5.74, 6) is -0.516. The molecule has 2 aromatic rings. The number of hydrogen-bond donors (Lipinski definition) is 1. The number of aromatic nitrogens is 1. The van der Waals surface area contributed by atoms with E-state index in [1.54, 1.807) is 6.92 Å². The van der Waals surface area contributed by atoms with Crippen LogP contribution < -0.4 is 5.32 Å². The van der Waals surface area contributed by atoms with Gasteiger partial charge in [0.2, 0.25) is 0 Å². The van der Waals surface area contributed by atoms with Gasteiger partial charge in [0, 0.05) is 12.1 Å². The van der Waals surface area contributed by atoms with Gasteiger partial charge in [0.15, 0.2) is 5.69 Å². The number of amides is 1. The van der Waals surface area contributed by atoms with Crippen LogP contribution in [0.4, 0.5) is 10.8 Å². The van der Waals surface area contributed by atoms with E-state index in [0.29, 0.717) is 12.8 Å². The number of nitrogens with one attached hydrogen (secondary N) is 1. The number of oxazole rings is 1. The number of anilines is 1. The minimum Gasteiger partial charge on any atom is -0.461 e. The fraction of sp³-hybridized carbons (Fsp3) is 0.542. The Morgan fingerprint density at radius 3 is 2.53 bits per heavy atom. The Labute approximate surface area is 189 Å². The molecule has 0 saturated carbocycles. The number of ether oxygens (including phenoxy) is 2. The summed E-state index contributed by atoms with van der Waals surface area (Å²) >= 11 is 0. The average molecular weight is 444 g/mol. The summed E-state index contributed by atoms with van der Waals surface area (Å²) in [6, 6.07) is 10.0. The van der Waals surface area contributed by atoms with E-state index in [-0.39, 0.29) is 42.5 Å². The highest BCUT2D eigenvalue weighted by Gasteiger charge is 2.40. The number of carbonyl (C=O) groups is 2. The van der Waals surface area contributed by atoms with Crippen LogP contribution in [0, 0.1) is 0 Å². The number of esters is 1. The van der Waals surface area contributed by atoms with Crippen LogP contribution in [0.15, 0.2) is 41.0 Å². The average Bonchev–Trinajstić information content (AvgIpc) is 3.21. The van der Waals surface area contributed by atoms with E-state index in [9.17, 15) is 9.59 Å². The predicted octanol–water partition coefficient (Wildman–Crippen LogP) is 5.18. The molecule has 0 spiro atoms. The van der Waals surface area contributed by atoms with Gasteiger partial charge in [0.05, 0.1) is 12.6 Å². The maximum Gasteiger partial charge on any atom is 0.411 e. The zero-order valence-corrected chi connectivity index (χ0v) is 19.5.